The minimum Gasteiger partial charge on any atom is -0.369 e. The molecule has 1 aliphatic carbocycles. The zero-order valence-corrected chi connectivity index (χ0v) is 17.2. The molecule has 1 aromatic heterocycles. The quantitative estimate of drug-likeness (QED) is 0.824. The third-order valence-electron chi connectivity index (χ3n) is 6.48. The molecule has 1 atom stereocenters. The van der Waals surface area contributed by atoms with Crippen molar-refractivity contribution in [3.8, 4) is 0 Å². The molecule has 1 saturated carbocycles. The molecular formula is C23H29FN4O. The maximum absolute atomic E-state index is 13.9. The van der Waals surface area contributed by atoms with Gasteiger partial charge in [0, 0.05) is 49.7 Å². The van der Waals surface area contributed by atoms with Crippen LogP contribution in [0.2, 0.25) is 0 Å². The van der Waals surface area contributed by atoms with Crippen molar-refractivity contribution in [2.24, 2.45) is 0 Å². The average Bonchev–Trinajstić information content (AvgIpc) is 3.37. The summed E-state index contributed by atoms with van der Waals surface area (Å²) in [6.45, 7) is 5.77. The van der Waals surface area contributed by atoms with E-state index in [0.29, 0.717) is 6.54 Å². The number of aromatic nitrogens is 2. The van der Waals surface area contributed by atoms with Gasteiger partial charge in [-0.1, -0.05) is 25.0 Å². The van der Waals surface area contributed by atoms with Crippen molar-refractivity contribution in [2.75, 3.05) is 25.0 Å². The van der Waals surface area contributed by atoms with E-state index < -0.39 is 0 Å². The van der Waals surface area contributed by atoms with Crippen LogP contribution in [0.1, 0.15) is 62.0 Å². The third-order valence-corrected chi connectivity index (χ3v) is 6.48. The fraction of sp³-hybridized carbons (Fsp3) is 0.522. The molecule has 29 heavy (non-hydrogen) atoms. The molecule has 2 fully saturated rings. The molecule has 0 radical (unpaired) electrons. The first kappa shape index (κ1) is 19.8. The molecule has 1 aliphatic heterocycles. The number of hydrogen-bond acceptors (Lipinski definition) is 4. The Morgan fingerprint density at radius 3 is 2.76 bits per heavy atom. The Kier molecular flexibility index (Phi) is 5.52. The predicted molar refractivity (Wildman–Crippen MR) is 111 cm³/mol. The number of carbonyl (C=O) groups is 1. The highest BCUT2D eigenvalue weighted by atomic mass is 19.1. The van der Waals surface area contributed by atoms with Crippen LogP contribution in [-0.4, -0.2) is 40.4 Å². The van der Waals surface area contributed by atoms with E-state index in [1.165, 1.54) is 6.07 Å². The van der Waals surface area contributed by atoms with Gasteiger partial charge in [0.25, 0.3) is 0 Å². The van der Waals surface area contributed by atoms with Gasteiger partial charge in [0.05, 0.1) is 0 Å². The Hall–Kier alpha value is -2.50. The normalized spacial score (nSPS) is 20.8. The lowest BCUT2D eigenvalue weighted by Gasteiger charge is -2.30. The Morgan fingerprint density at radius 1 is 1.28 bits per heavy atom. The molecule has 154 valence electrons. The van der Waals surface area contributed by atoms with Crippen LogP contribution in [0.15, 0.2) is 30.3 Å². The van der Waals surface area contributed by atoms with Gasteiger partial charge < -0.3 is 10.2 Å². The van der Waals surface area contributed by atoms with E-state index in [1.54, 1.807) is 19.1 Å². The number of nitrogens with one attached hydrogen (secondary N) is 1. The lowest BCUT2D eigenvalue weighted by Crippen LogP contribution is -2.32. The lowest BCUT2D eigenvalue weighted by molar-refractivity contribution is -0.127. The summed E-state index contributed by atoms with van der Waals surface area (Å²) in [7, 11) is 0. The summed E-state index contributed by atoms with van der Waals surface area (Å²) >= 11 is 0. The molecule has 0 unspecified atom stereocenters. The van der Waals surface area contributed by atoms with E-state index in [1.807, 2.05) is 24.0 Å². The Labute approximate surface area is 171 Å². The Balaban J connectivity index is 1.52. The number of benzene rings is 1. The minimum absolute atomic E-state index is 0.0556. The maximum Gasteiger partial charge on any atom is 0.219 e. The second-order valence-corrected chi connectivity index (χ2v) is 8.55. The number of rotatable bonds is 5. The van der Waals surface area contributed by atoms with E-state index in [9.17, 15) is 9.18 Å². The molecule has 1 aromatic carbocycles. The molecule has 6 heteroatoms. The lowest BCUT2D eigenvalue weighted by atomic mass is 9.78. The smallest absolute Gasteiger partial charge is 0.219 e. The zero-order valence-electron chi connectivity index (χ0n) is 17.2. The number of amides is 1. The van der Waals surface area contributed by atoms with Crippen LogP contribution in [0.5, 0.6) is 0 Å². The molecule has 1 amide bonds. The molecule has 0 spiro atoms. The van der Waals surface area contributed by atoms with E-state index >= 15 is 0 Å². The van der Waals surface area contributed by atoms with Crippen LogP contribution in [0.4, 0.5) is 10.2 Å². The van der Waals surface area contributed by atoms with E-state index in [0.717, 1.165) is 68.1 Å². The van der Waals surface area contributed by atoms with Crippen molar-refractivity contribution in [2.45, 2.75) is 57.3 Å². The SMILES string of the molecule is CC(=O)N1CC[C@@H](c2nc(C)cc(NCC3(c4cccc(F)c4)CCCC3)n2)C1. The second kappa shape index (κ2) is 8.09. The van der Waals surface area contributed by atoms with Crippen LogP contribution < -0.4 is 5.32 Å². The number of halogens is 1. The number of anilines is 1. The van der Waals surface area contributed by atoms with Crippen LogP contribution >= 0.6 is 0 Å². The summed E-state index contributed by atoms with van der Waals surface area (Å²) < 4.78 is 13.9. The number of aryl methyl sites for hydroxylation is 1. The predicted octanol–water partition coefficient (Wildman–Crippen LogP) is 4.18. The highest BCUT2D eigenvalue weighted by Gasteiger charge is 2.36. The van der Waals surface area contributed by atoms with Crippen molar-refractivity contribution in [1.82, 2.24) is 14.9 Å². The molecule has 5 nitrogen and oxygen atoms in total. The molecule has 0 bridgehead atoms. The Bertz CT molecular complexity index is 894. The summed E-state index contributed by atoms with van der Waals surface area (Å²) in [6.07, 6.45) is 5.33. The van der Waals surface area contributed by atoms with Crippen molar-refractivity contribution < 1.29 is 9.18 Å². The van der Waals surface area contributed by atoms with Gasteiger partial charge in [-0.2, -0.15) is 0 Å². The van der Waals surface area contributed by atoms with Gasteiger partial charge in [0.1, 0.15) is 17.5 Å². The number of carbonyl (C=O) groups excluding carboxylic acids is 1. The third kappa shape index (κ3) is 4.26. The van der Waals surface area contributed by atoms with Crippen LogP contribution in [-0.2, 0) is 10.2 Å². The highest BCUT2D eigenvalue weighted by molar-refractivity contribution is 5.73. The topological polar surface area (TPSA) is 58.1 Å². The summed E-state index contributed by atoms with van der Waals surface area (Å²) in [5.74, 6) is 1.74. The summed E-state index contributed by atoms with van der Waals surface area (Å²) in [5, 5.41) is 3.53. The number of nitrogens with zero attached hydrogens (tertiary/aromatic N) is 3. The second-order valence-electron chi connectivity index (χ2n) is 8.55. The monoisotopic (exact) mass is 396 g/mol. The highest BCUT2D eigenvalue weighted by Crippen LogP contribution is 2.41. The molecule has 1 N–H and O–H groups in total. The average molecular weight is 397 g/mol. The van der Waals surface area contributed by atoms with Crippen LogP contribution in [0.25, 0.3) is 0 Å². The van der Waals surface area contributed by atoms with Gasteiger partial charge in [-0.3, -0.25) is 4.79 Å². The van der Waals surface area contributed by atoms with Crippen molar-refractivity contribution in [3.63, 3.8) is 0 Å². The Morgan fingerprint density at radius 2 is 2.07 bits per heavy atom. The fourth-order valence-corrected chi connectivity index (χ4v) is 4.82. The van der Waals surface area contributed by atoms with Gasteiger partial charge in [-0.25, -0.2) is 14.4 Å². The molecule has 2 aromatic rings. The van der Waals surface area contributed by atoms with Gasteiger partial charge in [0.15, 0.2) is 0 Å². The maximum atomic E-state index is 13.9. The van der Waals surface area contributed by atoms with Gasteiger partial charge in [-0.05, 0) is 43.9 Å². The van der Waals surface area contributed by atoms with Crippen LogP contribution in [0, 0.1) is 12.7 Å². The largest absolute Gasteiger partial charge is 0.369 e. The van der Waals surface area contributed by atoms with E-state index in [-0.39, 0.29) is 23.1 Å². The summed E-state index contributed by atoms with van der Waals surface area (Å²) in [5.41, 5.74) is 1.94. The number of likely N-dealkylation sites (tertiary alicyclic amines) is 1. The molecule has 1 saturated heterocycles. The van der Waals surface area contributed by atoms with Gasteiger partial charge in [-0.15, -0.1) is 0 Å². The van der Waals surface area contributed by atoms with E-state index in [2.05, 4.69) is 10.3 Å². The standard InChI is InChI=1S/C23H29FN4O/c1-16-12-21(27-22(26-16)18-8-11-28(14-18)17(2)29)25-15-23(9-3-4-10-23)19-6-5-7-20(24)13-19/h5-7,12-13,18H,3-4,8-11,14-15H2,1-2H3,(H,25,26,27)/t18-/m1/s1. The molecule has 2 aliphatic rings. The minimum atomic E-state index is -0.176. The number of hydrogen-bond donors (Lipinski definition) is 1. The van der Waals surface area contributed by atoms with Gasteiger partial charge >= 0.3 is 0 Å². The van der Waals surface area contributed by atoms with Crippen molar-refractivity contribution >= 4 is 11.7 Å². The van der Waals surface area contributed by atoms with Gasteiger partial charge in [0.2, 0.25) is 5.91 Å². The summed E-state index contributed by atoms with van der Waals surface area (Å²) in [6, 6.07) is 9.00. The first-order valence-corrected chi connectivity index (χ1v) is 10.6. The first-order chi connectivity index (χ1) is 13.9. The fourth-order valence-electron chi connectivity index (χ4n) is 4.82. The van der Waals surface area contributed by atoms with Crippen molar-refractivity contribution in [1.29, 1.82) is 0 Å². The van der Waals surface area contributed by atoms with E-state index in [4.69, 9.17) is 4.98 Å². The van der Waals surface area contributed by atoms with Crippen LogP contribution in [0.3, 0.4) is 0 Å². The first-order valence-electron chi connectivity index (χ1n) is 10.6. The molecular weight excluding hydrogens is 367 g/mol. The van der Waals surface area contributed by atoms with Crippen molar-refractivity contribution in [3.05, 3.63) is 53.2 Å². The molecule has 4 rings (SSSR count). The molecule has 2 heterocycles. The zero-order chi connectivity index (χ0) is 20.4. The summed E-state index contributed by atoms with van der Waals surface area (Å²) in [4.78, 5) is 22.9.